The van der Waals surface area contributed by atoms with Crippen LogP contribution in [-0.2, 0) is 22.9 Å². The van der Waals surface area contributed by atoms with E-state index in [2.05, 4.69) is 25.7 Å². The molecule has 0 radical (unpaired) electrons. The Morgan fingerprint density at radius 3 is 2.52 bits per heavy atom. The molecule has 3 aromatic carbocycles. The van der Waals surface area contributed by atoms with Gasteiger partial charge in [-0.2, -0.15) is 18.2 Å². The smallest absolute Gasteiger partial charge is 0.369 e. The van der Waals surface area contributed by atoms with Gasteiger partial charge in [-0.05, 0) is 73.2 Å². The lowest BCUT2D eigenvalue weighted by Crippen LogP contribution is -2.39. The number of benzene rings is 3. The summed E-state index contributed by atoms with van der Waals surface area (Å²) in [5.74, 6) is 0.828. The number of aromatic nitrogens is 2. The van der Waals surface area contributed by atoms with Crippen LogP contribution in [0.3, 0.4) is 0 Å². The first kappa shape index (κ1) is 29.4. The maximum Gasteiger partial charge on any atom is 0.416 e. The Bertz CT molecular complexity index is 1560. The third kappa shape index (κ3) is 7.03. The highest BCUT2D eigenvalue weighted by molar-refractivity contribution is 7.97. The molecule has 4 N–H and O–H groups in total. The Morgan fingerprint density at radius 1 is 0.976 bits per heavy atom. The van der Waals surface area contributed by atoms with Gasteiger partial charge in [-0.1, -0.05) is 48.5 Å². The number of carbonyl (C=O) groups excluding carboxylic acids is 1. The van der Waals surface area contributed by atoms with Crippen LogP contribution in [0.15, 0.2) is 83.9 Å². The van der Waals surface area contributed by atoms with Crippen molar-refractivity contribution in [3.63, 3.8) is 0 Å². The van der Waals surface area contributed by atoms with Crippen LogP contribution in [0.5, 0.6) is 0 Å². The van der Waals surface area contributed by atoms with Gasteiger partial charge in [0.2, 0.25) is 11.9 Å². The molecule has 4 aromatic rings. The fraction of sp³-hybridized carbons (Fsp3) is 0.258. The van der Waals surface area contributed by atoms with Gasteiger partial charge >= 0.3 is 6.18 Å². The summed E-state index contributed by atoms with van der Waals surface area (Å²) in [7, 11) is 0. The molecule has 0 spiro atoms. The minimum atomic E-state index is -4.47. The molecule has 5 rings (SSSR count). The molecule has 0 saturated heterocycles. The van der Waals surface area contributed by atoms with Gasteiger partial charge in [-0.25, -0.2) is 4.98 Å². The Labute approximate surface area is 246 Å². The molecule has 42 heavy (non-hydrogen) atoms. The van der Waals surface area contributed by atoms with E-state index in [-0.39, 0.29) is 12.5 Å². The van der Waals surface area contributed by atoms with Gasteiger partial charge in [-0.3, -0.25) is 9.52 Å². The molecule has 0 saturated carbocycles. The standard InChI is InChI=1S/C31H31F3N6OS/c1-30(2,22-6-3-7-23(16-22)31(32,33)34)28(41)36-18-20-10-12-21(13-11-20)26-19-37-29-39-24-8-4-9-25(17-24)42-38-15-5-14-35-27(26)40-29/h3-4,6-13,16-17,19,38H,5,14-15,18H2,1-2H3,(H,36,41)(H2,35,37,39,40). The zero-order valence-electron chi connectivity index (χ0n) is 23.2. The number of halogens is 3. The first-order valence-electron chi connectivity index (χ1n) is 13.5. The quantitative estimate of drug-likeness (QED) is 0.187. The third-order valence-corrected chi connectivity index (χ3v) is 7.85. The Hall–Kier alpha value is -4.09. The molecule has 1 aromatic heterocycles. The Morgan fingerprint density at radius 2 is 1.74 bits per heavy atom. The normalized spacial score (nSPS) is 13.9. The van der Waals surface area contributed by atoms with Crippen LogP contribution in [0.2, 0.25) is 0 Å². The summed E-state index contributed by atoms with van der Waals surface area (Å²) < 4.78 is 42.9. The van der Waals surface area contributed by atoms with Crippen molar-refractivity contribution in [2.45, 2.75) is 43.3 Å². The molecule has 0 unspecified atom stereocenters. The van der Waals surface area contributed by atoms with Crippen molar-refractivity contribution < 1.29 is 18.0 Å². The molecule has 1 aliphatic rings. The first-order valence-corrected chi connectivity index (χ1v) is 14.3. The van der Waals surface area contributed by atoms with Gasteiger partial charge in [0.15, 0.2) is 0 Å². The molecule has 0 aliphatic carbocycles. The van der Waals surface area contributed by atoms with E-state index in [1.807, 2.05) is 48.5 Å². The molecule has 1 amide bonds. The average molecular weight is 593 g/mol. The van der Waals surface area contributed by atoms with Crippen LogP contribution >= 0.6 is 11.9 Å². The van der Waals surface area contributed by atoms with Crippen molar-refractivity contribution in [2.24, 2.45) is 0 Å². The highest BCUT2D eigenvalue weighted by Crippen LogP contribution is 2.33. The van der Waals surface area contributed by atoms with E-state index in [9.17, 15) is 18.0 Å². The van der Waals surface area contributed by atoms with Crippen LogP contribution in [0.25, 0.3) is 11.1 Å². The van der Waals surface area contributed by atoms with E-state index in [1.54, 1.807) is 32.0 Å². The number of anilines is 3. The van der Waals surface area contributed by atoms with Crippen LogP contribution in [0.4, 0.5) is 30.6 Å². The van der Waals surface area contributed by atoms with Gasteiger partial charge < -0.3 is 16.0 Å². The maximum absolute atomic E-state index is 13.2. The number of fused-ring (bicyclic) bond motifs is 4. The van der Waals surface area contributed by atoms with E-state index in [4.69, 9.17) is 4.98 Å². The SMILES string of the molecule is CC(C)(C(=O)NCc1ccc(-c2cnc3nc2NCCCNSc2cccc(c2)N3)cc1)c1cccc(C(F)(F)F)c1. The van der Waals surface area contributed by atoms with Crippen LogP contribution in [0, 0.1) is 0 Å². The first-order chi connectivity index (χ1) is 20.1. The summed E-state index contributed by atoms with van der Waals surface area (Å²) in [6.07, 6.45) is -1.80. The number of nitrogens with zero attached hydrogens (tertiary/aromatic N) is 2. The van der Waals surface area contributed by atoms with E-state index in [1.165, 1.54) is 12.1 Å². The van der Waals surface area contributed by atoms with Gasteiger partial charge in [-0.15, -0.1) is 0 Å². The molecule has 0 fully saturated rings. The predicted molar refractivity (Wildman–Crippen MR) is 160 cm³/mol. The average Bonchev–Trinajstić information content (AvgIpc) is 2.98. The summed E-state index contributed by atoms with van der Waals surface area (Å²) in [5, 5.41) is 9.57. The lowest BCUT2D eigenvalue weighted by atomic mass is 9.83. The highest BCUT2D eigenvalue weighted by Gasteiger charge is 2.34. The second kappa shape index (κ2) is 12.4. The van der Waals surface area contributed by atoms with Crippen molar-refractivity contribution in [1.29, 1.82) is 0 Å². The lowest BCUT2D eigenvalue weighted by Gasteiger charge is -2.25. The summed E-state index contributed by atoms with van der Waals surface area (Å²) in [6, 6.07) is 20.6. The molecule has 4 bridgehead atoms. The minimum Gasteiger partial charge on any atom is -0.369 e. The fourth-order valence-electron chi connectivity index (χ4n) is 4.48. The van der Waals surface area contributed by atoms with Crippen molar-refractivity contribution in [3.05, 3.63) is 95.7 Å². The number of amides is 1. The summed E-state index contributed by atoms with van der Waals surface area (Å²) in [5.41, 5.74) is 1.86. The van der Waals surface area contributed by atoms with Crippen LogP contribution in [0.1, 0.15) is 37.0 Å². The molecule has 7 nitrogen and oxygen atoms in total. The van der Waals surface area contributed by atoms with Crippen molar-refractivity contribution in [3.8, 4) is 11.1 Å². The second-order valence-electron chi connectivity index (χ2n) is 10.5. The van der Waals surface area contributed by atoms with Gasteiger partial charge in [0.1, 0.15) is 5.82 Å². The number of rotatable bonds is 5. The zero-order chi connectivity index (χ0) is 29.7. The lowest BCUT2D eigenvalue weighted by molar-refractivity contribution is -0.138. The Balaban J connectivity index is 1.29. The van der Waals surface area contributed by atoms with E-state index in [0.29, 0.717) is 17.3 Å². The number of carbonyl (C=O) groups is 1. The molecule has 1 aliphatic heterocycles. The second-order valence-corrected chi connectivity index (χ2v) is 11.4. The molecule has 218 valence electrons. The molecule has 11 heteroatoms. The fourth-order valence-corrected chi connectivity index (χ4v) is 5.22. The monoisotopic (exact) mass is 592 g/mol. The highest BCUT2D eigenvalue weighted by atomic mass is 32.2. The van der Waals surface area contributed by atoms with Gasteiger partial charge in [0, 0.05) is 42.0 Å². The molecular weight excluding hydrogens is 561 g/mol. The van der Waals surface area contributed by atoms with Gasteiger partial charge in [0.05, 0.1) is 11.0 Å². The predicted octanol–water partition coefficient (Wildman–Crippen LogP) is 6.91. The van der Waals surface area contributed by atoms with E-state index in [0.717, 1.165) is 58.9 Å². The molecule has 0 atom stereocenters. The number of hydrogen-bond acceptors (Lipinski definition) is 7. The topological polar surface area (TPSA) is 91.0 Å². The minimum absolute atomic E-state index is 0.232. The number of alkyl halides is 3. The molecule has 2 heterocycles. The molecular formula is C31H31F3N6OS. The van der Waals surface area contributed by atoms with Crippen molar-refractivity contribution >= 4 is 35.3 Å². The maximum atomic E-state index is 13.2. The summed E-state index contributed by atoms with van der Waals surface area (Å²) in [4.78, 5) is 23.4. The Kier molecular flexibility index (Phi) is 8.69. The number of nitrogens with one attached hydrogen (secondary N) is 4. The zero-order valence-corrected chi connectivity index (χ0v) is 24.0. The van der Waals surface area contributed by atoms with E-state index < -0.39 is 17.2 Å². The van der Waals surface area contributed by atoms with Crippen LogP contribution < -0.4 is 20.7 Å². The van der Waals surface area contributed by atoms with E-state index >= 15 is 0 Å². The van der Waals surface area contributed by atoms with Crippen molar-refractivity contribution in [2.75, 3.05) is 23.7 Å². The summed E-state index contributed by atoms with van der Waals surface area (Å²) >= 11 is 1.59. The van der Waals surface area contributed by atoms with Gasteiger partial charge in [0.25, 0.3) is 0 Å². The van der Waals surface area contributed by atoms with Crippen LogP contribution in [-0.4, -0.2) is 29.0 Å². The largest absolute Gasteiger partial charge is 0.416 e. The number of hydrogen-bond donors (Lipinski definition) is 4. The van der Waals surface area contributed by atoms with Crippen molar-refractivity contribution in [1.82, 2.24) is 20.0 Å². The summed E-state index contributed by atoms with van der Waals surface area (Å²) in [6.45, 7) is 5.01. The third-order valence-electron chi connectivity index (χ3n) is 7.01.